The van der Waals surface area contributed by atoms with Gasteiger partial charge in [-0.3, -0.25) is 4.79 Å². The van der Waals surface area contributed by atoms with Crippen LogP contribution < -0.4 is 4.90 Å². The molecular formula is C25H30ClN3O3. The van der Waals surface area contributed by atoms with Crippen LogP contribution in [0.1, 0.15) is 29.0 Å². The topological polar surface area (TPSA) is 64.1 Å². The standard InChI is InChI=1S/C25H30ClN3O3/c1-17-5-3-4-6-20(17)21-9-10-29(25(31)32)16-22(21)24(30)28-13-11-27(12-14-28)23-15-19(26)8-7-18(23)2/h3-8,15,21-22H,9-14,16H2,1-2H3,(H,31,32)/t21-,22+/m0/s1. The second-order valence-corrected chi connectivity index (χ2v) is 9.27. The molecule has 0 unspecified atom stereocenters. The molecule has 0 bridgehead atoms. The van der Waals surface area contributed by atoms with E-state index >= 15 is 0 Å². The van der Waals surface area contributed by atoms with Crippen LogP contribution in [0.25, 0.3) is 0 Å². The molecule has 2 aliphatic rings. The number of piperidine rings is 1. The third-order valence-electron chi connectivity index (χ3n) is 6.89. The summed E-state index contributed by atoms with van der Waals surface area (Å²) in [6, 6.07) is 14.0. The van der Waals surface area contributed by atoms with Crippen molar-refractivity contribution in [2.45, 2.75) is 26.2 Å². The van der Waals surface area contributed by atoms with E-state index in [0.717, 1.165) is 35.5 Å². The zero-order valence-corrected chi connectivity index (χ0v) is 19.4. The minimum Gasteiger partial charge on any atom is -0.465 e. The van der Waals surface area contributed by atoms with Gasteiger partial charge in [0.05, 0.1) is 5.92 Å². The number of aryl methyl sites for hydroxylation is 2. The van der Waals surface area contributed by atoms with Crippen LogP contribution in [0.5, 0.6) is 0 Å². The normalized spacial score (nSPS) is 21.5. The van der Waals surface area contributed by atoms with E-state index in [1.807, 2.05) is 35.2 Å². The molecule has 4 rings (SSSR count). The van der Waals surface area contributed by atoms with Crippen LogP contribution in [-0.2, 0) is 4.79 Å². The second kappa shape index (κ2) is 9.41. The fourth-order valence-electron chi connectivity index (χ4n) is 5.08. The van der Waals surface area contributed by atoms with Crippen LogP contribution in [0.4, 0.5) is 10.5 Å². The lowest BCUT2D eigenvalue weighted by atomic mass is 9.78. The van der Waals surface area contributed by atoms with Crippen molar-refractivity contribution >= 4 is 29.3 Å². The van der Waals surface area contributed by atoms with E-state index < -0.39 is 6.09 Å². The number of hydrogen-bond acceptors (Lipinski definition) is 3. The lowest BCUT2D eigenvalue weighted by Crippen LogP contribution is -2.54. The molecule has 2 aromatic carbocycles. The summed E-state index contributed by atoms with van der Waals surface area (Å²) in [6.07, 6.45) is -0.290. The minimum atomic E-state index is -0.952. The maximum absolute atomic E-state index is 13.6. The Labute approximate surface area is 194 Å². The number of rotatable bonds is 3. The molecule has 170 valence electrons. The van der Waals surface area contributed by atoms with Gasteiger partial charge in [0.2, 0.25) is 5.91 Å². The van der Waals surface area contributed by atoms with Gasteiger partial charge in [-0.15, -0.1) is 0 Å². The SMILES string of the molecule is Cc1ccccc1[C@@H]1CCN(C(=O)O)C[C@H]1C(=O)N1CCN(c2cc(Cl)ccc2C)CC1. The van der Waals surface area contributed by atoms with Gasteiger partial charge in [-0.05, 0) is 55.0 Å². The van der Waals surface area contributed by atoms with Crippen LogP contribution in [-0.4, -0.2) is 66.2 Å². The fraction of sp³-hybridized carbons (Fsp3) is 0.440. The summed E-state index contributed by atoms with van der Waals surface area (Å²) >= 11 is 6.20. The van der Waals surface area contributed by atoms with Crippen molar-refractivity contribution in [2.75, 3.05) is 44.2 Å². The van der Waals surface area contributed by atoms with Crippen molar-refractivity contribution < 1.29 is 14.7 Å². The smallest absolute Gasteiger partial charge is 0.407 e. The third kappa shape index (κ3) is 4.56. The molecular weight excluding hydrogens is 426 g/mol. The number of benzene rings is 2. The summed E-state index contributed by atoms with van der Waals surface area (Å²) in [5, 5.41) is 10.3. The van der Waals surface area contributed by atoms with Crippen LogP contribution in [0.3, 0.4) is 0 Å². The van der Waals surface area contributed by atoms with Crippen LogP contribution in [0, 0.1) is 19.8 Å². The van der Waals surface area contributed by atoms with Gasteiger partial charge in [0.15, 0.2) is 0 Å². The Hall–Kier alpha value is -2.73. The number of piperazine rings is 1. The first-order valence-electron chi connectivity index (χ1n) is 11.2. The van der Waals surface area contributed by atoms with Crippen molar-refractivity contribution in [3.63, 3.8) is 0 Å². The number of carboxylic acid groups (broad SMARTS) is 1. The molecule has 0 aliphatic carbocycles. The average Bonchev–Trinajstić information content (AvgIpc) is 2.80. The van der Waals surface area contributed by atoms with Gasteiger partial charge < -0.3 is 19.8 Å². The second-order valence-electron chi connectivity index (χ2n) is 8.83. The van der Waals surface area contributed by atoms with Crippen LogP contribution in [0.15, 0.2) is 42.5 Å². The van der Waals surface area contributed by atoms with Crippen molar-refractivity contribution in [1.82, 2.24) is 9.80 Å². The van der Waals surface area contributed by atoms with Gasteiger partial charge >= 0.3 is 6.09 Å². The molecule has 2 atom stereocenters. The van der Waals surface area contributed by atoms with E-state index in [9.17, 15) is 14.7 Å². The Morgan fingerprint density at radius 1 is 0.938 bits per heavy atom. The van der Waals surface area contributed by atoms with Gasteiger partial charge in [-0.25, -0.2) is 4.79 Å². The van der Waals surface area contributed by atoms with Crippen LogP contribution in [0.2, 0.25) is 5.02 Å². The van der Waals surface area contributed by atoms with Crippen molar-refractivity contribution in [1.29, 1.82) is 0 Å². The van der Waals surface area contributed by atoms with Crippen molar-refractivity contribution in [3.8, 4) is 0 Å². The summed E-state index contributed by atoms with van der Waals surface area (Å²) in [5.41, 5.74) is 4.58. The number of anilines is 1. The first-order chi connectivity index (χ1) is 15.3. The maximum Gasteiger partial charge on any atom is 0.407 e. The average molecular weight is 456 g/mol. The predicted molar refractivity (Wildman–Crippen MR) is 127 cm³/mol. The summed E-state index contributed by atoms with van der Waals surface area (Å²) < 4.78 is 0. The number of likely N-dealkylation sites (tertiary alicyclic amines) is 1. The van der Waals surface area contributed by atoms with E-state index in [1.165, 1.54) is 4.90 Å². The Bertz CT molecular complexity index is 1000. The lowest BCUT2D eigenvalue weighted by Gasteiger charge is -2.42. The van der Waals surface area contributed by atoms with Gasteiger partial charge in [0.1, 0.15) is 0 Å². The van der Waals surface area contributed by atoms with E-state index in [1.54, 1.807) is 0 Å². The third-order valence-corrected chi connectivity index (χ3v) is 7.13. The highest BCUT2D eigenvalue weighted by Crippen LogP contribution is 2.36. The van der Waals surface area contributed by atoms with Gasteiger partial charge in [0, 0.05) is 50.0 Å². The van der Waals surface area contributed by atoms with E-state index in [0.29, 0.717) is 31.1 Å². The van der Waals surface area contributed by atoms with Crippen LogP contribution >= 0.6 is 11.6 Å². The van der Waals surface area contributed by atoms with E-state index in [2.05, 4.69) is 30.9 Å². The molecule has 7 heteroatoms. The number of hydrogen-bond donors (Lipinski definition) is 1. The van der Waals surface area contributed by atoms with Crippen molar-refractivity contribution in [3.05, 3.63) is 64.2 Å². The summed E-state index contributed by atoms with van der Waals surface area (Å²) in [5.74, 6) is -0.264. The Morgan fingerprint density at radius 3 is 2.34 bits per heavy atom. The fourth-order valence-corrected chi connectivity index (χ4v) is 5.24. The molecule has 2 aliphatic heterocycles. The van der Waals surface area contributed by atoms with Gasteiger partial charge in [-0.2, -0.15) is 0 Å². The monoisotopic (exact) mass is 455 g/mol. The molecule has 2 heterocycles. The molecule has 0 aromatic heterocycles. The molecule has 2 fully saturated rings. The molecule has 2 amide bonds. The number of nitrogens with zero attached hydrogens (tertiary/aromatic N) is 3. The number of halogens is 1. The van der Waals surface area contributed by atoms with E-state index in [-0.39, 0.29) is 24.3 Å². The molecule has 0 spiro atoms. The number of carbonyl (C=O) groups is 2. The molecule has 0 radical (unpaired) electrons. The molecule has 1 N–H and O–H groups in total. The molecule has 6 nitrogen and oxygen atoms in total. The molecule has 2 saturated heterocycles. The lowest BCUT2D eigenvalue weighted by molar-refractivity contribution is -0.138. The highest BCUT2D eigenvalue weighted by Gasteiger charge is 2.40. The Kier molecular flexibility index (Phi) is 6.60. The first kappa shape index (κ1) is 22.5. The zero-order chi connectivity index (χ0) is 22.8. The maximum atomic E-state index is 13.6. The molecule has 32 heavy (non-hydrogen) atoms. The molecule has 2 aromatic rings. The minimum absolute atomic E-state index is 0.0347. The highest BCUT2D eigenvalue weighted by molar-refractivity contribution is 6.30. The Morgan fingerprint density at radius 2 is 1.66 bits per heavy atom. The van der Waals surface area contributed by atoms with E-state index in [4.69, 9.17) is 11.6 Å². The summed E-state index contributed by atoms with van der Waals surface area (Å²) in [7, 11) is 0. The summed E-state index contributed by atoms with van der Waals surface area (Å²) in [6.45, 7) is 7.55. The molecule has 0 saturated carbocycles. The number of amides is 2. The summed E-state index contributed by atoms with van der Waals surface area (Å²) in [4.78, 5) is 30.9. The predicted octanol–water partition coefficient (Wildman–Crippen LogP) is 4.39. The number of carbonyl (C=O) groups excluding carboxylic acids is 1. The van der Waals surface area contributed by atoms with Gasteiger partial charge in [-0.1, -0.05) is 41.9 Å². The zero-order valence-electron chi connectivity index (χ0n) is 18.6. The van der Waals surface area contributed by atoms with Crippen molar-refractivity contribution in [2.24, 2.45) is 5.92 Å². The largest absolute Gasteiger partial charge is 0.465 e. The highest BCUT2D eigenvalue weighted by atomic mass is 35.5. The first-order valence-corrected chi connectivity index (χ1v) is 11.6. The Balaban J connectivity index is 1.51. The van der Waals surface area contributed by atoms with Gasteiger partial charge in [0.25, 0.3) is 0 Å². The quantitative estimate of drug-likeness (QED) is 0.745.